The van der Waals surface area contributed by atoms with Gasteiger partial charge in [-0.15, -0.1) is 0 Å². The summed E-state index contributed by atoms with van der Waals surface area (Å²) in [6.45, 7) is 9.72. The van der Waals surface area contributed by atoms with Crippen LogP contribution in [-0.4, -0.2) is 115 Å². The maximum absolute atomic E-state index is 13.2. The molecule has 1 N–H and O–H groups in total. The minimum atomic E-state index is -0.629. The minimum absolute atomic E-state index is 0.173. The maximum atomic E-state index is 13.2. The normalized spacial score (nSPS) is 24.2. The fraction of sp³-hybridized carbons (Fsp3) is 0.583. The van der Waals surface area contributed by atoms with Crippen molar-refractivity contribution < 1.29 is 28.8 Å². The van der Waals surface area contributed by atoms with Gasteiger partial charge in [0, 0.05) is 55.5 Å². The Balaban J connectivity index is 1.21. The number of carbonyl (C=O) groups is 1. The van der Waals surface area contributed by atoms with Gasteiger partial charge in [-0.3, -0.25) is 4.90 Å². The van der Waals surface area contributed by atoms with E-state index in [2.05, 4.69) is 46.0 Å². The number of likely N-dealkylation sites (N-methyl/N-ethyl adjacent to an activating group) is 1. The Morgan fingerprint density at radius 1 is 1.06 bits per heavy atom. The lowest BCUT2D eigenvalue weighted by molar-refractivity contribution is 0.00600. The molecule has 48 heavy (non-hydrogen) atoms. The zero-order valence-electron chi connectivity index (χ0n) is 28.7. The molecule has 4 aliphatic heterocycles. The molecule has 12 nitrogen and oxygen atoms in total. The Hall–Kier alpha value is -3.87. The topological polar surface area (TPSA) is 113 Å². The van der Waals surface area contributed by atoms with E-state index in [1.54, 1.807) is 12.0 Å². The van der Waals surface area contributed by atoms with E-state index in [-0.39, 0.29) is 25.0 Å². The van der Waals surface area contributed by atoms with Crippen molar-refractivity contribution in [2.24, 2.45) is 0 Å². The highest BCUT2D eigenvalue weighted by atomic mass is 16.7. The van der Waals surface area contributed by atoms with Crippen LogP contribution in [0.15, 0.2) is 36.4 Å². The zero-order chi connectivity index (χ0) is 33.6. The number of methoxy groups -OCH3 is 1. The number of piperazine rings is 1. The molecule has 7 rings (SSSR count). The molecule has 3 aromatic rings. The third kappa shape index (κ3) is 6.57. The number of aromatic nitrogens is 2. The van der Waals surface area contributed by atoms with Crippen LogP contribution in [0.2, 0.25) is 0 Å². The molecular weight excluding hydrogens is 612 g/mol. The van der Waals surface area contributed by atoms with Crippen LogP contribution in [0.1, 0.15) is 51.3 Å². The summed E-state index contributed by atoms with van der Waals surface area (Å²) in [4.78, 5) is 32.0. The van der Waals surface area contributed by atoms with Crippen LogP contribution in [0.25, 0.3) is 10.8 Å². The van der Waals surface area contributed by atoms with Crippen molar-refractivity contribution in [2.75, 3.05) is 63.5 Å². The van der Waals surface area contributed by atoms with Crippen molar-refractivity contribution in [1.29, 1.82) is 0 Å². The van der Waals surface area contributed by atoms with Gasteiger partial charge in [0.15, 0.2) is 6.79 Å². The molecule has 0 unspecified atom stereocenters. The second kappa shape index (κ2) is 13.2. The van der Waals surface area contributed by atoms with Crippen LogP contribution in [0.5, 0.6) is 11.8 Å². The number of aliphatic hydroxyl groups excluding tert-OH is 1. The first kappa shape index (κ1) is 32.7. The predicted molar refractivity (Wildman–Crippen MR) is 183 cm³/mol. The lowest BCUT2D eigenvalue weighted by Gasteiger charge is -2.43. The quantitative estimate of drug-likeness (QED) is 0.351. The lowest BCUT2D eigenvalue weighted by atomic mass is 10.0. The highest BCUT2D eigenvalue weighted by Crippen LogP contribution is 2.39. The van der Waals surface area contributed by atoms with Gasteiger partial charge in [-0.2, -0.15) is 9.97 Å². The van der Waals surface area contributed by atoms with Crippen molar-refractivity contribution in [3.63, 3.8) is 0 Å². The van der Waals surface area contributed by atoms with Crippen LogP contribution in [0.3, 0.4) is 0 Å². The summed E-state index contributed by atoms with van der Waals surface area (Å²) >= 11 is 0. The number of aliphatic hydroxyl groups is 1. The number of benzene rings is 2. The van der Waals surface area contributed by atoms with Crippen molar-refractivity contribution in [3.05, 3.63) is 47.7 Å². The number of hydrogen-bond acceptors (Lipinski definition) is 11. The third-order valence-electron chi connectivity index (χ3n) is 10.0. The molecule has 12 heteroatoms. The molecule has 1 amide bonds. The highest BCUT2D eigenvalue weighted by Gasteiger charge is 2.50. The molecule has 1 aromatic heterocycles. The molecule has 0 saturated carbocycles. The summed E-state index contributed by atoms with van der Waals surface area (Å²) < 4.78 is 23.2. The van der Waals surface area contributed by atoms with E-state index in [9.17, 15) is 9.90 Å². The van der Waals surface area contributed by atoms with Crippen molar-refractivity contribution in [3.8, 4) is 11.8 Å². The largest absolute Gasteiger partial charge is 0.467 e. The van der Waals surface area contributed by atoms with Crippen molar-refractivity contribution >= 4 is 28.4 Å². The molecule has 2 bridgehead atoms. The van der Waals surface area contributed by atoms with Gasteiger partial charge in [0.1, 0.15) is 23.8 Å². The Bertz CT molecular complexity index is 1650. The molecule has 3 saturated heterocycles. The second-order valence-corrected chi connectivity index (χ2v) is 14.5. The van der Waals surface area contributed by atoms with E-state index in [1.165, 1.54) is 0 Å². The summed E-state index contributed by atoms with van der Waals surface area (Å²) in [6.07, 6.45) is 2.48. The molecule has 3 fully saturated rings. The molecule has 258 valence electrons. The average Bonchev–Trinajstić information content (AvgIpc) is 3.56. The number of hydrogen-bond donors (Lipinski definition) is 1. The van der Waals surface area contributed by atoms with Gasteiger partial charge in [0.25, 0.3) is 0 Å². The van der Waals surface area contributed by atoms with Crippen LogP contribution >= 0.6 is 0 Å². The number of rotatable bonds is 8. The monoisotopic (exact) mass is 660 g/mol. The van der Waals surface area contributed by atoms with E-state index in [0.717, 1.165) is 71.6 Å². The van der Waals surface area contributed by atoms with Gasteiger partial charge >= 0.3 is 12.1 Å². The van der Waals surface area contributed by atoms with E-state index < -0.39 is 11.7 Å². The number of carbonyl (C=O) groups excluding carboxylic acids is 1. The maximum Gasteiger partial charge on any atom is 0.411 e. The molecule has 2 aromatic carbocycles. The van der Waals surface area contributed by atoms with Gasteiger partial charge in [-0.25, -0.2) is 4.79 Å². The molecule has 5 heterocycles. The lowest BCUT2D eigenvalue weighted by Crippen LogP contribution is -2.58. The van der Waals surface area contributed by atoms with Gasteiger partial charge in [0.05, 0.1) is 30.4 Å². The number of amides is 1. The second-order valence-electron chi connectivity index (χ2n) is 14.5. The molecule has 0 radical (unpaired) electrons. The van der Waals surface area contributed by atoms with Crippen molar-refractivity contribution in [1.82, 2.24) is 19.8 Å². The first-order valence-corrected chi connectivity index (χ1v) is 17.1. The number of anilines is 2. The van der Waals surface area contributed by atoms with Crippen LogP contribution in [0.4, 0.5) is 16.3 Å². The first-order chi connectivity index (χ1) is 23.1. The van der Waals surface area contributed by atoms with Crippen LogP contribution in [-0.2, 0) is 22.4 Å². The summed E-state index contributed by atoms with van der Waals surface area (Å²) in [7, 11) is 3.76. The van der Waals surface area contributed by atoms with E-state index in [1.807, 2.05) is 32.9 Å². The summed E-state index contributed by atoms with van der Waals surface area (Å²) in [6, 6.07) is 12.6. The van der Waals surface area contributed by atoms with Gasteiger partial charge in [0.2, 0.25) is 0 Å². The summed E-state index contributed by atoms with van der Waals surface area (Å²) in [5.41, 5.74) is 2.48. The number of nitrogens with zero attached hydrogens (tertiary/aromatic N) is 6. The number of fused-ring (bicyclic) bond motifs is 4. The molecular formula is C36H48N6O6. The Morgan fingerprint density at radius 3 is 2.65 bits per heavy atom. The third-order valence-corrected chi connectivity index (χ3v) is 10.0. The Kier molecular flexibility index (Phi) is 8.99. The number of ether oxygens (including phenoxy) is 4. The predicted octanol–water partition coefficient (Wildman–Crippen LogP) is 4.21. The fourth-order valence-corrected chi connectivity index (χ4v) is 7.72. The van der Waals surface area contributed by atoms with Crippen LogP contribution < -0.4 is 19.3 Å². The molecule has 4 aliphatic rings. The summed E-state index contributed by atoms with van der Waals surface area (Å²) in [5.74, 6) is 1.59. The highest BCUT2D eigenvalue weighted by molar-refractivity contribution is 5.95. The zero-order valence-corrected chi connectivity index (χ0v) is 28.7. The smallest absolute Gasteiger partial charge is 0.411 e. The molecule has 4 atom stereocenters. The van der Waals surface area contributed by atoms with E-state index in [4.69, 9.17) is 28.9 Å². The Labute approximate surface area is 282 Å². The van der Waals surface area contributed by atoms with Gasteiger partial charge < -0.3 is 38.8 Å². The van der Waals surface area contributed by atoms with Crippen LogP contribution in [0, 0.1) is 0 Å². The van der Waals surface area contributed by atoms with Gasteiger partial charge in [-0.1, -0.05) is 24.3 Å². The first-order valence-electron chi connectivity index (χ1n) is 17.1. The SMILES string of the molecule is COCOc1cc(N2CCc3c(nc(OC[C@@H]4CCCN4C)nc3N3C[C@H]4C[C@@H](O)[C@@H](C3)N4C(=O)OC(C)(C)C)C2)c2ccccc2c1. The van der Waals surface area contributed by atoms with E-state index >= 15 is 0 Å². The Morgan fingerprint density at radius 2 is 1.90 bits per heavy atom. The minimum Gasteiger partial charge on any atom is -0.467 e. The number of likely N-dealkylation sites (tertiary alicyclic amines) is 1. The van der Waals surface area contributed by atoms with Gasteiger partial charge in [-0.05, 0) is 71.5 Å². The standard InChI is InChI=1S/C36H48N6O6/c1-36(2,3)48-35(44)42-25-16-32(43)31(42)20-41(18-25)33-28-12-14-40(19-29(28)37-34(38-33)46-21-24-10-8-13-39(24)4)30-17-26(47-22-45-5)15-23-9-6-7-11-27(23)30/h6-7,9,11,15,17,24-25,31-32,43H,8,10,12-14,16,18-22H2,1-5H3/t24-,25+,31+,32+/m0/s1. The summed E-state index contributed by atoms with van der Waals surface area (Å²) in [5, 5.41) is 13.3. The van der Waals surface area contributed by atoms with Crippen molar-refractivity contribution in [2.45, 2.75) is 82.8 Å². The fourth-order valence-electron chi connectivity index (χ4n) is 7.72. The van der Waals surface area contributed by atoms with E-state index in [0.29, 0.717) is 44.7 Å². The molecule has 0 spiro atoms. The molecule has 0 aliphatic carbocycles. The average molecular weight is 661 g/mol.